The largest absolute Gasteiger partial charge is 0.493 e. The normalized spacial score (nSPS) is 10.6. The van der Waals surface area contributed by atoms with Crippen molar-refractivity contribution < 1.29 is 19.0 Å². The summed E-state index contributed by atoms with van der Waals surface area (Å²) in [6.07, 6.45) is 1.45. The van der Waals surface area contributed by atoms with Crippen LogP contribution in [0.4, 0.5) is 0 Å². The van der Waals surface area contributed by atoms with Gasteiger partial charge < -0.3 is 14.2 Å². The Morgan fingerprint density at radius 3 is 2.60 bits per heavy atom. The SMILES string of the molecule is CCOC(=O)C(C#N)=Cc1ccc(OCC)c(OC)c1. The molecule has 1 aromatic carbocycles. The summed E-state index contributed by atoms with van der Waals surface area (Å²) in [5.41, 5.74) is 0.605. The Kier molecular flexibility index (Phi) is 6.11. The third kappa shape index (κ3) is 4.02. The second kappa shape index (κ2) is 7.85. The van der Waals surface area contributed by atoms with E-state index in [1.807, 2.05) is 13.0 Å². The molecule has 0 atom stereocenters. The lowest BCUT2D eigenvalue weighted by Crippen LogP contribution is -2.06. The van der Waals surface area contributed by atoms with Crippen LogP contribution in [0.15, 0.2) is 23.8 Å². The Balaban J connectivity index is 3.08. The lowest BCUT2D eigenvalue weighted by Gasteiger charge is -2.09. The number of hydrogen-bond donors (Lipinski definition) is 0. The average Bonchev–Trinajstić information content (AvgIpc) is 2.46. The molecule has 0 aliphatic carbocycles. The number of rotatable bonds is 6. The van der Waals surface area contributed by atoms with E-state index in [1.54, 1.807) is 25.1 Å². The van der Waals surface area contributed by atoms with Gasteiger partial charge in [0.1, 0.15) is 11.6 Å². The minimum absolute atomic E-state index is 0.0573. The maximum atomic E-state index is 11.5. The summed E-state index contributed by atoms with van der Waals surface area (Å²) in [5.74, 6) is 0.520. The summed E-state index contributed by atoms with van der Waals surface area (Å²) >= 11 is 0. The third-order valence-electron chi connectivity index (χ3n) is 2.41. The highest BCUT2D eigenvalue weighted by molar-refractivity contribution is 5.97. The van der Waals surface area contributed by atoms with E-state index < -0.39 is 5.97 Å². The molecule has 0 spiro atoms. The Morgan fingerprint density at radius 2 is 2.05 bits per heavy atom. The van der Waals surface area contributed by atoms with Gasteiger partial charge in [-0.15, -0.1) is 0 Å². The maximum Gasteiger partial charge on any atom is 0.348 e. The molecule has 1 aromatic rings. The van der Waals surface area contributed by atoms with Crippen LogP contribution in [0.2, 0.25) is 0 Å². The second-order valence-electron chi connectivity index (χ2n) is 3.73. The van der Waals surface area contributed by atoms with Crippen LogP contribution in [-0.4, -0.2) is 26.3 Å². The molecule has 0 amide bonds. The van der Waals surface area contributed by atoms with Crippen LogP contribution >= 0.6 is 0 Å². The van der Waals surface area contributed by atoms with Crippen LogP contribution in [-0.2, 0) is 9.53 Å². The van der Waals surface area contributed by atoms with Gasteiger partial charge in [0.25, 0.3) is 0 Å². The first-order valence-corrected chi connectivity index (χ1v) is 6.26. The minimum atomic E-state index is -0.636. The highest BCUT2D eigenvalue weighted by Crippen LogP contribution is 2.28. The molecule has 0 aliphatic heterocycles. The van der Waals surface area contributed by atoms with Gasteiger partial charge in [-0.2, -0.15) is 5.26 Å². The van der Waals surface area contributed by atoms with Crippen LogP contribution in [0.5, 0.6) is 11.5 Å². The number of esters is 1. The van der Waals surface area contributed by atoms with E-state index in [4.69, 9.17) is 19.5 Å². The van der Waals surface area contributed by atoms with Crippen molar-refractivity contribution in [3.8, 4) is 17.6 Å². The molecule has 0 N–H and O–H groups in total. The average molecular weight is 275 g/mol. The van der Waals surface area contributed by atoms with Crippen molar-refractivity contribution in [1.82, 2.24) is 0 Å². The first-order valence-electron chi connectivity index (χ1n) is 6.26. The molecule has 5 heteroatoms. The quantitative estimate of drug-likeness (QED) is 0.453. The Morgan fingerprint density at radius 1 is 1.30 bits per heavy atom. The predicted molar refractivity (Wildman–Crippen MR) is 74.4 cm³/mol. The Labute approximate surface area is 118 Å². The highest BCUT2D eigenvalue weighted by Gasteiger charge is 2.11. The van der Waals surface area contributed by atoms with E-state index >= 15 is 0 Å². The number of nitriles is 1. The molecular weight excluding hydrogens is 258 g/mol. The van der Waals surface area contributed by atoms with Crippen molar-refractivity contribution in [2.45, 2.75) is 13.8 Å². The van der Waals surface area contributed by atoms with E-state index in [2.05, 4.69) is 0 Å². The van der Waals surface area contributed by atoms with Gasteiger partial charge in [-0.3, -0.25) is 0 Å². The number of methoxy groups -OCH3 is 1. The Hall–Kier alpha value is -2.48. The lowest BCUT2D eigenvalue weighted by atomic mass is 10.1. The summed E-state index contributed by atoms with van der Waals surface area (Å²) in [6, 6.07) is 6.99. The van der Waals surface area contributed by atoms with E-state index in [0.717, 1.165) is 0 Å². The van der Waals surface area contributed by atoms with Crippen LogP contribution in [0.3, 0.4) is 0 Å². The molecule has 20 heavy (non-hydrogen) atoms. The fourth-order valence-electron chi connectivity index (χ4n) is 1.56. The minimum Gasteiger partial charge on any atom is -0.493 e. The van der Waals surface area contributed by atoms with Crippen molar-refractivity contribution in [2.24, 2.45) is 0 Å². The van der Waals surface area contributed by atoms with Crippen LogP contribution in [0.1, 0.15) is 19.4 Å². The van der Waals surface area contributed by atoms with Crippen molar-refractivity contribution in [2.75, 3.05) is 20.3 Å². The molecule has 0 unspecified atom stereocenters. The van der Waals surface area contributed by atoms with Crippen molar-refractivity contribution in [1.29, 1.82) is 5.26 Å². The summed E-state index contributed by atoms with van der Waals surface area (Å²) in [6.45, 7) is 4.32. The molecular formula is C15H17NO4. The summed E-state index contributed by atoms with van der Waals surface area (Å²) in [4.78, 5) is 11.5. The number of nitrogens with zero attached hydrogens (tertiary/aromatic N) is 1. The highest BCUT2D eigenvalue weighted by atomic mass is 16.5. The van der Waals surface area contributed by atoms with E-state index in [1.165, 1.54) is 13.2 Å². The fourth-order valence-corrected chi connectivity index (χ4v) is 1.56. The summed E-state index contributed by atoms with van der Waals surface area (Å²) in [7, 11) is 1.53. The molecule has 0 aromatic heterocycles. The molecule has 0 saturated heterocycles. The third-order valence-corrected chi connectivity index (χ3v) is 2.41. The first kappa shape index (κ1) is 15.6. The molecule has 0 aliphatic rings. The molecule has 106 valence electrons. The smallest absolute Gasteiger partial charge is 0.348 e. The van der Waals surface area contributed by atoms with Gasteiger partial charge in [0.2, 0.25) is 0 Å². The van der Waals surface area contributed by atoms with Crippen molar-refractivity contribution in [3.05, 3.63) is 29.3 Å². The number of carbonyl (C=O) groups excluding carboxylic acids is 1. The second-order valence-corrected chi connectivity index (χ2v) is 3.73. The van der Waals surface area contributed by atoms with Crippen molar-refractivity contribution in [3.63, 3.8) is 0 Å². The van der Waals surface area contributed by atoms with Gasteiger partial charge in [-0.1, -0.05) is 6.07 Å². The monoisotopic (exact) mass is 275 g/mol. The number of ether oxygens (including phenoxy) is 3. The number of hydrogen-bond acceptors (Lipinski definition) is 5. The van der Waals surface area contributed by atoms with Gasteiger partial charge in [0.05, 0.1) is 20.3 Å². The topological polar surface area (TPSA) is 68.6 Å². The van der Waals surface area contributed by atoms with Crippen LogP contribution in [0, 0.1) is 11.3 Å². The maximum absolute atomic E-state index is 11.5. The zero-order chi connectivity index (χ0) is 15.0. The molecule has 0 saturated carbocycles. The van der Waals surface area contributed by atoms with Crippen molar-refractivity contribution >= 4 is 12.0 Å². The van der Waals surface area contributed by atoms with Crippen LogP contribution in [0.25, 0.3) is 6.08 Å². The summed E-state index contributed by atoms with van der Waals surface area (Å²) in [5, 5.41) is 8.97. The van der Waals surface area contributed by atoms with Gasteiger partial charge in [-0.25, -0.2) is 4.79 Å². The van der Waals surface area contributed by atoms with Gasteiger partial charge in [-0.05, 0) is 37.6 Å². The van der Waals surface area contributed by atoms with E-state index in [-0.39, 0.29) is 12.2 Å². The predicted octanol–water partition coefficient (Wildman–Crippen LogP) is 2.56. The van der Waals surface area contributed by atoms with Gasteiger partial charge >= 0.3 is 5.97 Å². The zero-order valence-corrected chi connectivity index (χ0v) is 11.8. The zero-order valence-electron chi connectivity index (χ0n) is 11.8. The standard InChI is InChI=1S/C15H17NO4/c1-4-19-13-7-6-11(9-14(13)18-3)8-12(10-16)15(17)20-5-2/h6-9H,4-5H2,1-3H3. The molecule has 0 fully saturated rings. The van der Waals surface area contributed by atoms with E-state index in [9.17, 15) is 4.79 Å². The lowest BCUT2D eigenvalue weighted by molar-refractivity contribution is -0.137. The molecule has 0 radical (unpaired) electrons. The fraction of sp³-hybridized carbons (Fsp3) is 0.333. The Bertz CT molecular complexity index is 543. The first-order chi connectivity index (χ1) is 9.65. The molecule has 5 nitrogen and oxygen atoms in total. The van der Waals surface area contributed by atoms with Crippen LogP contribution < -0.4 is 9.47 Å². The molecule has 1 rings (SSSR count). The van der Waals surface area contributed by atoms with E-state index in [0.29, 0.717) is 23.7 Å². The molecule has 0 heterocycles. The number of benzene rings is 1. The molecule has 0 bridgehead atoms. The summed E-state index contributed by atoms with van der Waals surface area (Å²) < 4.78 is 15.4. The van der Waals surface area contributed by atoms with Gasteiger partial charge in [0.15, 0.2) is 11.5 Å². The number of carbonyl (C=O) groups is 1. The van der Waals surface area contributed by atoms with Gasteiger partial charge in [0, 0.05) is 0 Å².